The smallest absolute Gasteiger partial charge is 0.337 e. The molecule has 7 aromatic rings. The van der Waals surface area contributed by atoms with Crippen LogP contribution in [0.15, 0.2) is 118 Å². The Hall–Kier alpha value is -7.87. The molecule has 6 unspecified atom stereocenters. The first-order valence-electron chi connectivity index (χ1n) is 50.5. The van der Waals surface area contributed by atoms with E-state index in [1.807, 2.05) is 51.1 Å². The van der Waals surface area contributed by atoms with Crippen molar-refractivity contribution in [3.8, 4) is 17.2 Å². The van der Waals surface area contributed by atoms with E-state index in [0.29, 0.717) is 140 Å². The number of halogens is 8. The lowest BCUT2D eigenvalue weighted by Crippen LogP contribution is -2.52. The molecule has 13 rings (SSSR count). The fourth-order valence-corrected chi connectivity index (χ4v) is 23.5. The quantitative estimate of drug-likeness (QED) is 0.0207. The highest BCUT2D eigenvalue weighted by Crippen LogP contribution is 2.56. The summed E-state index contributed by atoms with van der Waals surface area (Å²) < 4.78 is 22.1. The number of aromatic hydroxyl groups is 1. The zero-order valence-electron chi connectivity index (χ0n) is 87.7. The molecule has 6 aliphatic rings. The predicted octanol–water partition coefficient (Wildman–Crippen LogP) is 29.9. The van der Waals surface area contributed by atoms with Gasteiger partial charge in [-0.05, 0) is 274 Å². The van der Waals surface area contributed by atoms with Gasteiger partial charge in [0.05, 0.1) is 98.4 Å². The summed E-state index contributed by atoms with van der Waals surface area (Å²) in [6.45, 7) is 49.6. The summed E-state index contributed by atoms with van der Waals surface area (Å²) in [5, 5.41) is 30.0. The maximum absolute atomic E-state index is 15.1. The number of ether oxygens (including phenoxy) is 4. The second kappa shape index (κ2) is 49.8. The van der Waals surface area contributed by atoms with Crippen molar-refractivity contribution in [2.75, 3.05) is 32.8 Å². The highest BCUT2D eigenvalue weighted by atomic mass is 79.9. The van der Waals surface area contributed by atoms with Crippen LogP contribution in [0, 0.1) is 69.0 Å². The van der Waals surface area contributed by atoms with Crippen LogP contribution < -0.4 is 14.8 Å². The minimum absolute atomic E-state index is 0.00208. The Balaban J connectivity index is 0.000000213. The van der Waals surface area contributed by atoms with Crippen LogP contribution >= 0.6 is 97.1 Å². The van der Waals surface area contributed by atoms with Crippen LogP contribution in [0.1, 0.15) is 369 Å². The molecule has 3 aliphatic heterocycles. The normalized spacial score (nSPS) is 22.1. The molecular formula is C112H151BrCl7N11O11. The molecular weight excluding hydrogens is 2000 g/mol. The Morgan fingerprint density at radius 3 is 1.20 bits per heavy atom. The molecule has 6 aromatic carbocycles. The van der Waals surface area contributed by atoms with Gasteiger partial charge < -0.3 is 44.1 Å². The van der Waals surface area contributed by atoms with Gasteiger partial charge in [0.15, 0.2) is 11.6 Å². The zero-order valence-corrected chi connectivity index (χ0v) is 94.6. The van der Waals surface area contributed by atoms with E-state index in [0.717, 1.165) is 124 Å². The second-order valence-corrected chi connectivity index (χ2v) is 49.9. The predicted molar refractivity (Wildman–Crippen MR) is 580 cm³/mol. The molecule has 3 fully saturated rings. The Morgan fingerprint density at radius 2 is 0.831 bits per heavy atom. The number of benzene rings is 6. The van der Waals surface area contributed by atoms with Crippen LogP contribution in [0.25, 0.3) is 0 Å². The Bertz CT molecular complexity index is 5580. The molecule has 0 bridgehead atoms. The van der Waals surface area contributed by atoms with Crippen molar-refractivity contribution in [1.29, 1.82) is 0 Å². The summed E-state index contributed by atoms with van der Waals surface area (Å²) in [5.41, 5.74) is 4.22. The number of methoxy groups -OCH3 is 2. The van der Waals surface area contributed by atoms with Gasteiger partial charge in [0.1, 0.15) is 45.6 Å². The van der Waals surface area contributed by atoms with Gasteiger partial charge in [-0.3, -0.25) is 34.2 Å². The van der Waals surface area contributed by atoms with E-state index in [-0.39, 0.29) is 118 Å². The first-order chi connectivity index (χ1) is 66.5. The number of phenols is 1. The van der Waals surface area contributed by atoms with Gasteiger partial charge in [-0.1, -0.05) is 297 Å². The molecule has 3 aliphatic carbocycles. The maximum Gasteiger partial charge on any atom is 0.337 e. The van der Waals surface area contributed by atoms with Gasteiger partial charge in [0.2, 0.25) is 0 Å². The summed E-state index contributed by atoms with van der Waals surface area (Å²) >= 11 is 50.0. The third-order valence-electron chi connectivity index (χ3n) is 27.4. The third kappa shape index (κ3) is 30.5. The lowest BCUT2D eigenvalue weighted by Gasteiger charge is -2.47. The summed E-state index contributed by atoms with van der Waals surface area (Å²) in [6, 6.07) is 29.3. The molecule has 3 saturated carbocycles. The molecule has 142 heavy (non-hydrogen) atoms. The summed E-state index contributed by atoms with van der Waals surface area (Å²) in [5.74, 6) is 3.03. The Kier molecular flexibility index (Phi) is 40.7. The molecule has 9 atom stereocenters. The Labute approximate surface area is 887 Å². The van der Waals surface area contributed by atoms with E-state index in [4.69, 9.17) is 115 Å². The molecule has 4 amide bonds. The first-order valence-corrected chi connectivity index (χ1v) is 54.2. The maximum atomic E-state index is 15.1. The van der Waals surface area contributed by atoms with Crippen LogP contribution in [0.3, 0.4) is 0 Å². The highest BCUT2D eigenvalue weighted by Gasteiger charge is 2.58. The van der Waals surface area contributed by atoms with Crippen molar-refractivity contribution in [3.05, 3.63) is 194 Å². The van der Waals surface area contributed by atoms with Crippen molar-refractivity contribution in [3.63, 3.8) is 0 Å². The molecule has 0 radical (unpaired) electrons. The fourth-order valence-electron chi connectivity index (χ4n) is 21.1. The molecule has 4 heterocycles. The van der Waals surface area contributed by atoms with Crippen LogP contribution in [-0.2, 0) is 30.4 Å². The van der Waals surface area contributed by atoms with E-state index in [2.05, 4.69) is 194 Å². The van der Waals surface area contributed by atoms with E-state index in [9.17, 15) is 29.1 Å². The monoisotopic (exact) mass is 2150 g/mol. The van der Waals surface area contributed by atoms with Gasteiger partial charge in [-0.25, -0.2) is 9.59 Å². The number of hydrogen-bond donors (Lipinski definition) is 3. The average Bonchev–Trinajstić information content (AvgIpc) is 1.57. The number of aromatic amines is 1. The number of carbonyl (C=O) groups excluding carboxylic acids is 6. The second-order valence-electron chi connectivity index (χ2n) is 46.3. The number of aromatic nitrogens is 4. The minimum atomic E-state index is -0.813. The van der Waals surface area contributed by atoms with Crippen LogP contribution in [0.2, 0.25) is 35.2 Å². The average molecular weight is 2160 g/mol. The van der Waals surface area contributed by atoms with Crippen molar-refractivity contribution in [1.82, 2.24) is 40.6 Å². The largest absolute Gasteiger partial charge is 0.506 e. The highest BCUT2D eigenvalue weighted by molar-refractivity contribution is 9.09. The fraction of sp³-hybridized carbons (Fsp3) is 0.589. The summed E-state index contributed by atoms with van der Waals surface area (Å²) in [7, 11) is 2.74. The van der Waals surface area contributed by atoms with Crippen LogP contribution in [0.4, 0.5) is 0 Å². The molecule has 0 saturated heterocycles. The van der Waals surface area contributed by atoms with Crippen LogP contribution in [-0.4, -0.2) is 143 Å². The number of alkyl halides is 1. The molecule has 3 spiro atoms. The van der Waals surface area contributed by atoms with E-state index < -0.39 is 23.0 Å². The molecule has 22 nitrogen and oxygen atoms in total. The summed E-state index contributed by atoms with van der Waals surface area (Å²) in [4.78, 5) is 104. The lowest BCUT2D eigenvalue weighted by molar-refractivity contribution is -0.135. The molecule has 1 aromatic heterocycles. The zero-order chi connectivity index (χ0) is 105. The number of nitrogens with one attached hydrogen (secondary N) is 2. The number of esters is 2. The van der Waals surface area contributed by atoms with Crippen molar-refractivity contribution < 1.29 is 52.8 Å². The number of nitrogens with zero attached hydrogens (tertiary/aromatic N) is 9. The number of rotatable bonds is 31. The number of amides is 4. The topological polar surface area (TPSA) is 273 Å². The third-order valence-corrected chi connectivity index (χ3v) is 30.1. The number of tetrazole rings is 1. The van der Waals surface area contributed by atoms with Gasteiger partial charge >= 0.3 is 11.9 Å². The molecule has 3 N–H and O–H groups in total. The van der Waals surface area contributed by atoms with Crippen LogP contribution in [0.5, 0.6) is 17.2 Å². The van der Waals surface area contributed by atoms with Gasteiger partial charge in [0, 0.05) is 27.6 Å². The van der Waals surface area contributed by atoms with E-state index in [1.54, 1.807) is 54.6 Å². The van der Waals surface area contributed by atoms with Crippen molar-refractivity contribution in [2.45, 2.75) is 322 Å². The first kappa shape index (κ1) is 116. The molecule has 30 heteroatoms. The van der Waals surface area contributed by atoms with Gasteiger partial charge in [-0.2, -0.15) is 5.21 Å². The van der Waals surface area contributed by atoms with Gasteiger partial charge in [-0.15, -0.1) is 10.2 Å². The SMILES string of the molecule is CC(C)CCCBr.CC1CC(C)CC2(C1)N=C(c1c(Cl)cc(Cl)c(OCCC(C)(C)C)c1Cl)C(=O)N2[C@H](CCC(C)(C)C)c1ccc(C(=O)NCc2nn[nH]n2)cc1.COC(=O)c1ccc([C@@H](CCC(C)(C)C)N2C(=O)C(c3cc(O)c(Cl)cc3Cl)=NC23CC(C)CC(C)C3)cc1.COC(=O)c1ccc([C@@H](CCC(C)(C)C)N2C(=O)C(c3cc(OCCCC(C)C)c(Cl)cc3Cl)=NC23CC(C)CC(C)C3)cc1. The Morgan fingerprint density at radius 1 is 0.465 bits per heavy atom. The lowest BCUT2D eigenvalue weighted by atomic mass is 9.75. The number of carbonyl (C=O) groups is 6. The number of aliphatic imine (C=N–C) groups is 3. The minimum Gasteiger partial charge on any atom is -0.506 e. The van der Waals surface area contributed by atoms with Crippen molar-refractivity contribution >= 4 is 150 Å². The van der Waals surface area contributed by atoms with Crippen molar-refractivity contribution in [2.24, 2.45) is 84.0 Å². The summed E-state index contributed by atoms with van der Waals surface area (Å²) in [6.07, 6.45) is 17.8. The van der Waals surface area contributed by atoms with Gasteiger partial charge in [0.25, 0.3) is 23.6 Å². The molecule has 776 valence electrons. The number of phenolic OH excluding ortho intramolecular Hbond substituents is 1. The van der Waals surface area contributed by atoms with E-state index in [1.165, 1.54) is 39.2 Å². The standard InChI is InChI=1S/C38H50Cl3N7O3.C37H50Cl2N2O4.C31H38Cl2N2O4.C6H13Br/c1-22-17-23(2)20-38(19-22)43-32(30-26(39)18-27(40)33(31(30)41)51-16-15-37(6,7)8)35(50)48(38)28(13-14-36(3,4)5)24-9-11-25(12-10-24)34(49)42-21-29-44-46-47-45-29;1-23(2)10-9-17-45-32-19-28(29(38)20-30(32)39)33-34(42)41(37(40-33)21-24(3)18-25(4)22-37)31(15-16-36(5,6)7)26-11-13-27(14-12-26)35(43)44-8;1-18-13-19(2)17-31(16-18)34-27(22-14-26(36)24(33)15-23(22)32)28(37)35(31)25(11-12-30(3,4)5)20-7-9-21(10-8-20)29(38)39-6;1-6(2)4-3-5-7/h9-12,18,22-23,28H,13-17,19-21H2,1-8H3,(H,42,49)(H,44,45,46,47);11-14,19-20,23-25,31H,9-10,15-18,21-22H2,1-8H3;7-10,14-15,18-19,25,36H,11-13,16-17H2,1-6H3;6H,3-5H2,1-2H3/t22?,23?,28-,38?;24?,25?,31-,37?;18?,19?,25-,31?;/m111./s1. The van der Waals surface area contributed by atoms with E-state index >= 15 is 4.79 Å². The number of hydrogen-bond acceptors (Lipinski definition) is 17. The number of H-pyrrole nitrogens is 1.